The first-order chi connectivity index (χ1) is 7.79. The van der Waals surface area contributed by atoms with Crippen LogP contribution in [0.25, 0.3) is 11.1 Å². The van der Waals surface area contributed by atoms with Crippen LogP contribution in [0.1, 0.15) is 11.1 Å². The maximum absolute atomic E-state index is 8.67. The van der Waals surface area contributed by atoms with Crippen molar-refractivity contribution >= 4 is 0 Å². The molecule has 2 rings (SSSR count). The van der Waals surface area contributed by atoms with Gasteiger partial charge in [-0.2, -0.15) is 5.26 Å². The number of nitriles is 1. The molecule has 0 amide bonds. The third-order valence-corrected chi connectivity index (χ3v) is 2.60. The predicted molar refractivity (Wildman–Crippen MR) is 65.9 cm³/mol. The summed E-state index contributed by atoms with van der Waals surface area (Å²) in [6.07, 6.45) is 0.472. The normalized spacial score (nSPS) is 9.75. The van der Waals surface area contributed by atoms with Crippen molar-refractivity contribution in [1.29, 1.82) is 5.26 Å². The topological polar surface area (TPSA) is 23.8 Å². The van der Waals surface area contributed by atoms with Crippen LogP contribution < -0.4 is 0 Å². The molecule has 2 aromatic carbocycles. The third kappa shape index (κ3) is 2.29. The first-order valence-electron chi connectivity index (χ1n) is 5.32. The Morgan fingerprint density at radius 1 is 1.00 bits per heavy atom. The quantitative estimate of drug-likeness (QED) is 0.736. The fraction of sp³-hybridized carbons (Fsp3) is 0.133. The van der Waals surface area contributed by atoms with Gasteiger partial charge in [0.25, 0.3) is 0 Å². The lowest BCUT2D eigenvalue weighted by atomic mass is 10.0. The molecule has 0 radical (unpaired) electrons. The molecule has 0 atom stereocenters. The van der Waals surface area contributed by atoms with Gasteiger partial charge in [0.15, 0.2) is 0 Å². The van der Waals surface area contributed by atoms with Crippen LogP contribution in [0.2, 0.25) is 0 Å². The summed E-state index contributed by atoms with van der Waals surface area (Å²) in [6.45, 7) is 2.08. The largest absolute Gasteiger partial charge is 0.198 e. The molecule has 1 heteroatoms. The minimum Gasteiger partial charge on any atom is -0.198 e. The van der Waals surface area contributed by atoms with Crippen LogP contribution in [0.4, 0.5) is 0 Å². The second-order valence-electron chi connectivity index (χ2n) is 3.90. The standard InChI is InChI=1S/C15H13N/c1-12-5-7-14(8-6-12)15-4-2-3-13(11-15)9-10-16/h2-8,11H,9H2,1H3. The number of aryl methyl sites for hydroxylation is 1. The van der Waals surface area contributed by atoms with E-state index >= 15 is 0 Å². The molecule has 0 N–H and O–H groups in total. The SMILES string of the molecule is Cc1ccc(-c2cccc(CC#N)c2)cc1. The molecule has 0 unspecified atom stereocenters. The summed E-state index contributed by atoms with van der Waals surface area (Å²) >= 11 is 0. The Morgan fingerprint density at radius 3 is 2.44 bits per heavy atom. The predicted octanol–water partition coefficient (Wildman–Crippen LogP) is 3.73. The van der Waals surface area contributed by atoms with E-state index in [1.54, 1.807) is 0 Å². The summed E-state index contributed by atoms with van der Waals surface area (Å²) in [5.41, 5.74) is 4.70. The Hall–Kier alpha value is -2.07. The number of hydrogen-bond acceptors (Lipinski definition) is 1. The third-order valence-electron chi connectivity index (χ3n) is 2.60. The Morgan fingerprint density at radius 2 is 1.75 bits per heavy atom. The van der Waals surface area contributed by atoms with Gasteiger partial charge in [0.05, 0.1) is 12.5 Å². The Bertz CT molecular complexity index is 518. The van der Waals surface area contributed by atoms with Crippen LogP contribution in [0.3, 0.4) is 0 Å². The number of nitrogens with zero attached hydrogens (tertiary/aromatic N) is 1. The molecule has 78 valence electrons. The fourth-order valence-electron chi connectivity index (χ4n) is 1.70. The van der Waals surface area contributed by atoms with E-state index in [9.17, 15) is 0 Å². The van der Waals surface area contributed by atoms with Crippen molar-refractivity contribution in [3.63, 3.8) is 0 Å². The van der Waals surface area contributed by atoms with E-state index in [0.717, 1.165) is 5.56 Å². The number of hydrogen-bond donors (Lipinski definition) is 0. The van der Waals surface area contributed by atoms with Gasteiger partial charge < -0.3 is 0 Å². The summed E-state index contributed by atoms with van der Waals surface area (Å²) in [5.74, 6) is 0. The zero-order valence-corrected chi connectivity index (χ0v) is 9.27. The molecule has 16 heavy (non-hydrogen) atoms. The van der Waals surface area contributed by atoms with Crippen molar-refractivity contribution in [3.05, 3.63) is 59.7 Å². The minimum atomic E-state index is 0.472. The van der Waals surface area contributed by atoms with E-state index in [0.29, 0.717) is 6.42 Å². The van der Waals surface area contributed by atoms with Crippen molar-refractivity contribution in [2.45, 2.75) is 13.3 Å². The lowest BCUT2D eigenvalue weighted by molar-refractivity contribution is 1.26. The zero-order valence-electron chi connectivity index (χ0n) is 9.27. The highest BCUT2D eigenvalue weighted by atomic mass is 14.2. The summed E-state index contributed by atoms with van der Waals surface area (Å²) in [6, 6.07) is 18.7. The first kappa shape index (κ1) is 10.4. The molecule has 0 aromatic heterocycles. The zero-order chi connectivity index (χ0) is 11.4. The molecule has 1 nitrogen and oxygen atoms in total. The maximum atomic E-state index is 8.67. The summed E-state index contributed by atoms with van der Waals surface area (Å²) in [4.78, 5) is 0. The second-order valence-corrected chi connectivity index (χ2v) is 3.90. The van der Waals surface area contributed by atoms with Crippen molar-refractivity contribution < 1.29 is 0 Å². The summed E-state index contributed by atoms with van der Waals surface area (Å²) < 4.78 is 0. The summed E-state index contributed by atoms with van der Waals surface area (Å²) in [5, 5.41) is 8.67. The molecule has 0 aliphatic heterocycles. The van der Waals surface area contributed by atoms with E-state index in [-0.39, 0.29) is 0 Å². The van der Waals surface area contributed by atoms with Gasteiger partial charge in [-0.15, -0.1) is 0 Å². The lowest BCUT2D eigenvalue weighted by Crippen LogP contribution is -1.83. The van der Waals surface area contributed by atoms with Gasteiger partial charge in [0.2, 0.25) is 0 Å². The summed E-state index contributed by atoms with van der Waals surface area (Å²) in [7, 11) is 0. The van der Waals surface area contributed by atoms with Crippen LogP contribution in [0.15, 0.2) is 48.5 Å². The first-order valence-corrected chi connectivity index (χ1v) is 5.32. The Balaban J connectivity index is 2.37. The van der Waals surface area contributed by atoms with E-state index in [1.807, 2.05) is 12.1 Å². The number of rotatable bonds is 2. The maximum Gasteiger partial charge on any atom is 0.0669 e. The molecule has 0 spiro atoms. The van der Waals surface area contributed by atoms with E-state index < -0.39 is 0 Å². The van der Waals surface area contributed by atoms with Crippen molar-refractivity contribution in [3.8, 4) is 17.2 Å². The lowest BCUT2D eigenvalue weighted by Gasteiger charge is -2.03. The molecule has 0 saturated heterocycles. The van der Waals surface area contributed by atoms with E-state index in [1.165, 1.54) is 16.7 Å². The molecule has 0 bridgehead atoms. The Kier molecular flexibility index (Phi) is 3.03. The highest BCUT2D eigenvalue weighted by molar-refractivity contribution is 5.64. The second kappa shape index (κ2) is 4.63. The smallest absolute Gasteiger partial charge is 0.0669 e. The van der Waals surface area contributed by atoms with Gasteiger partial charge in [0.1, 0.15) is 0 Å². The van der Waals surface area contributed by atoms with Crippen molar-refractivity contribution in [2.75, 3.05) is 0 Å². The average Bonchev–Trinajstić information content (AvgIpc) is 2.31. The van der Waals surface area contributed by atoms with Crippen LogP contribution in [0, 0.1) is 18.3 Å². The Labute approximate surface area is 96.0 Å². The molecule has 0 aliphatic rings. The van der Waals surface area contributed by atoms with Crippen molar-refractivity contribution in [2.24, 2.45) is 0 Å². The van der Waals surface area contributed by atoms with E-state index in [2.05, 4.69) is 49.4 Å². The monoisotopic (exact) mass is 207 g/mol. The molecule has 0 fully saturated rings. The minimum absolute atomic E-state index is 0.472. The van der Waals surface area contributed by atoms with Crippen molar-refractivity contribution in [1.82, 2.24) is 0 Å². The van der Waals surface area contributed by atoms with Gasteiger partial charge in [0, 0.05) is 0 Å². The van der Waals surface area contributed by atoms with Crippen LogP contribution in [-0.4, -0.2) is 0 Å². The van der Waals surface area contributed by atoms with Crippen LogP contribution >= 0.6 is 0 Å². The molecular formula is C15H13N. The highest BCUT2D eigenvalue weighted by Gasteiger charge is 1.98. The van der Waals surface area contributed by atoms with Gasteiger partial charge in [-0.05, 0) is 23.6 Å². The highest BCUT2D eigenvalue weighted by Crippen LogP contribution is 2.20. The molecular weight excluding hydrogens is 194 g/mol. The van der Waals surface area contributed by atoms with E-state index in [4.69, 9.17) is 5.26 Å². The molecule has 2 aromatic rings. The van der Waals surface area contributed by atoms with Gasteiger partial charge in [-0.25, -0.2) is 0 Å². The fourth-order valence-corrected chi connectivity index (χ4v) is 1.70. The molecule has 0 aliphatic carbocycles. The van der Waals surface area contributed by atoms with Crippen LogP contribution in [0.5, 0.6) is 0 Å². The van der Waals surface area contributed by atoms with Crippen LogP contribution in [-0.2, 0) is 6.42 Å². The van der Waals surface area contributed by atoms with Gasteiger partial charge >= 0.3 is 0 Å². The van der Waals surface area contributed by atoms with Gasteiger partial charge in [-0.1, -0.05) is 54.1 Å². The molecule has 0 saturated carbocycles. The molecule has 0 heterocycles. The number of benzene rings is 2. The average molecular weight is 207 g/mol. The van der Waals surface area contributed by atoms with Gasteiger partial charge in [-0.3, -0.25) is 0 Å².